The molecule has 3 heteroatoms. The van der Waals surface area contributed by atoms with Crippen LogP contribution in [0.25, 0.3) is 12.2 Å². The van der Waals surface area contributed by atoms with Crippen molar-refractivity contribution in [1.29, 1.82) is 0 Å². The molecule has 1 nitrogen and oxygen atoms in total. The van der Waals surface area contributed by atoms with Gasteiger partial charge in [0.15, 0.2) is 0 Å². The second-order valence-electron chi connectivity index (χ2n) is 7.70. The van der Waals surface area contributed by atoms with Crippen molar-refractivity contribution in [1.82, 2.24) is 0 Å². The van der Waals surface area contributed by atoms with Gasteiger partial charge in [-0.3, -0.25) is 0 Å². The fourth-order valence-electron chi connectivity index (χ4n) is 3.94. The minimum absolute atomic E-state index is 0.694. The van der Waals surface area contributed by atoms with E-state index in [-0.39, 0.29) is 0 Å². The molecule has 0 aliphatic rings. The first kappa shape index (κ1) is 22.9. The van der Waals surface area contributed by atoms with Crippen LogP contribution in [0.2, 0.25) is 10.0 Å². The standard InChI is InChI=1S/C30H24Cl2O/c1-3-25-21(19-23-11-5-7-15-27(23)31)13-9-17-29(25)33-30-18-10-14-22(26(30)4-2)20-24-12-6-8-16-28(24)32/h3-18H,1-2,19-20H2. The van der Waals surface area contributed by atoms with Crippen molar-refractivity contribution < 1.29 is 4.74 Å². The van der Waals surface area contributed by atoms with E-state index in [1.807, 2.05) is 84.9 Å². The van der Waals surface area contributed by atoms with Gasteiger partial charge in [-0.25, -0.2) is 0 Å². The summed E-state index contributed by atoms with van der Waals surface area (Å²) in [7, 11) is 0. The first-order valence-electron chi connectivity index (χ1n) is 10.7. The number of rotatable bonds is 8. The van der Waals surface area contributed by atoms with E-state index in [1.165, 1.54) is 0 Å². The molecule has 0 atom stereocenters. The Morgan fingerprint density at radius 1 is 0.545 bits per heavy atom. The third-order valence-corrected chi connectivity index (χ3v) is 6.36. The minimum Gasteiger partial charge on any atom is -0.456 e. The summed E-state index contributed by atoms with van der Waals surface area (Å²) in [6, 6.07) is 27.8. The molecular formula is C30H24Cl2O. The molecule has 0 amide bonds. The van der Waals surface area contributed by atoms with Gasteiger partial charge in [-0.1, -0.05) is 109 Å². The predicted molar refractivity (Wildman–Crippen MR) is 142 cm³/mol. The average molecular weight is 471 g/mol. The summed E-state index contributed by atoms with van der Waals surface area (Å²) >= 11 is 12.8. The first-order chi connectivity index (χ1) is 16.1. The quantitative estimate of drug-likeness (QED) is 0.249. The van der Waals surface area contributed by atoms with E-state index in [1.54, 1.807) is 0 Å². The highest BCUT2D eigenvalue weighted by atomic mass is 35.5. The molecule has 0 unspecified atom stereocenters. The maximum atomic E-state index is 6.43. The maximum absolute atomic E-state index is 6.43. The minimum atomic E-state index is 0.694. The van der Waals surface area contributed by atoms with Crippen molar-refractivity contribution in [3.05, 3.63) is 142 Å². The average Bonchev–Trinajstić information content (AvgIpc) is 2.82. The molecule has 0 heterocycles. The molecule has 33 heavy (non-hydrogen) atoms. The van der Waals surface area contributed by atoms with Gasteiger partial charge in [-0.05, 0) is 59.4 Å². The van der Waals surface area contributed by atoms with Crippen LogP contribution in [0, 0.1) is 0 Å². The zero-order chi connectivity index (χ0) is 23.2. The van der Waals surface area contributed by atoms with E-state index in [0.717, 1.165) is 54.9 Å². The van der Waals surface area contributed by atoms with Crippen LogP contribution in [-0.4, -0.2) is 0 Å². The SMILES string of the molecule is C=Cc1c(Cc2ccccc2Cl)cccc1Oc1cccc(Cc2ccccc2Cl)c1C=C. The highest BCUT2D eigenvalue weighted by Crippen LogP contribution is 2.35. The van der Waals surface area contributed by atoms with E-state index in [9.17, 15) is 0 Å². The Morgan fingerprint density at radius 2 is 0.939 bits per heavy atom. The fraction of sp³-hybridized carbons (Fsp3) is 0.0667. The second kappa shape index (κ2) is 10.6. The topological polar surface area (TPSA) is 9.23 Å². The van der Waals surface area contributed by atoms with Crippen molar-refractivity contribution in [3.63, 3.8) is 0 Å². The van der Waals surface area contributed by atoms with Gasteiger partial charge in [-0.2, -0.15) is 0 Å². The molecule has 0 aliphatic heterocycles. The molecular weight excluding hydrogens is 447 g/mol. The monoisotopic (exact) mass is 470 g/mol. The number of benzene rings is 4. The summed E-state index contributed by atoms with van der Waals surface area (Å²) in [4.78, 5) is 0. The van der Waals surface area contributed by atoms with Crippen molar-refractivity contribution >= 4 is 35.4 Å². The van der Waals surface area contributed by atoms with E-state index < -0.39 is 0 Å². The fourth-order valence-corrected chi connectivity index (χ4v) is 4.35. The lowest BCUT2D eigenvalue weighted by molar-refractivity contribution is 0.479. The van der Waals surface area contributed by atoms with Gasteiger partial charge in [0.25, 0.3) is 0 Å². The lowest BCUT2D eigenvalue weighted by Gasteiger charge is -2.17. The zero-order valence-electron chi connectivity index (χ0n) is 18.2. The van der Waals surface area contributed by atoms with Gasteiger partial charge in [0.1, 0.15) is 11.5 Å². The van der Waals surface area contributed by atoms with Crippen LogP contribution in [0.3, 0.4) is 0 Å². The van der Waals surface area contributed by atoms with E-state index in [4.69, 9.17) is 27.9 Å². The van der Waals surface area contributed by atoms with Crippen LogP contribution in [0.15, 0.2) is 98.1 Å². The number of hydrogen-bond donors (Lipinski definition) is 0. The van der Waals surface area contributed by atoms with Crippen LogP contribution < -0.4 is 4.74 Å². The summed E-state index contributed by atoms with van der Waals surface area (Å²) in [5.74, 6) is 1.49. The number of ether oxygens (including phenoxy) is 1. The van der Waals surface area contributed by atoms with E-state index >= 15 is 0 Å². The van der Waals surface area contributed by atoms with Gasteiger partial charge in [-0.15, -0.1) is 0 Å². The molecule has 0 aromatic heterocycles. The maximum Gasteiger partial charge on any atom is 0.134 e. The van der Waals surface area contributed by atoms with Crippen LogP contribution in [0.5, 0.6) is 11.5 Å². The van der Waals surface area contributed by atoms with Gasteiger partial charge >= 0.3 is 0 Å². The largest absolute Gasteiger partial charge is 0.456 e. The van der Waals surface area contributed by atoms with Crippen molar-refractivity contribution in [3.8, 4) is 11.5 Å². The third kappa shape index (κ3) is 5.22. The van der Waals surface area contributed by atoms with Crippen LogP contribution >= 0.6 is 23.2 Å². The molecule has 0 radical (unpaired) electrons. The first-order valence-corrected chi connectivity index (χ1v) is 11.5. The molecule has 0 saturated heterocycles. The molecule has 0 saturated carbocycles. The van der Waals surface area contributed by atoms with Crippen molar-refractivity contribution in [2.45, 2.75) is 12.8 Å². The van der Waals surface area contributed by atoms with Crippen molar-refractivity contribution in [2.75, 3.05) is 0 Å². The molecule has 0 aliphatic carbocycles. The van der Waals surface area contributed by atoms with Gasteiger partial charge in [0, 0.05) is 21.2 Å². The normalized spacial score (nSPS) is 10.6. The Kier molecular flexibility index (Phi) is 7.34. The third-order valence-electron chi connectivity index (χ3n) is 5.62. The Bertz CT molecular complexity index is 1210. The Hall–Kier alpha value is -3.26. The highest BCUT2D eigenvalue weighted by Gasteiger charge is 2.14. The molecule has 4 aromatic rings. The van der Waals surface area contributed by atoms with Crippen LogP contribution in [-0.2, 0) is 12.8 Å². The smallest absolute Gasteiger partial charge is 0.134 e. The molecule has 4 rings (SSSR count). The molecule has 0 spiro atoms. The second-order valence-corrected chi connectivity index (χ2v) is 8.52. The van der Waals surface area contributed by atoms with Gasteiger partial charge < -0.3 is 4.74 Å². The predicted octanol–water partition coefficient (Wildman–Crippen LogP) is 9.25. The van der Waals surface area contributed by atoms with E-state index in [2.05, 4.69) is 25.3 Å². The Morgan fingerprint density at radius 3 is 1.33 bits per heavy atom. The summed E-state index contributed by atoms with van der Waals surface area (Å²) in [5, 5.41) is 1.50. The summed E-state index contributed by atoms with van der Waals surface area (Å²) in [6.07, 6.45) is 5.06. The van der Waals surface area contributed by atoms with Gasteiger partial charge in [0.2, 0.25) is 0 Å². The Balaban J connectivity index is 1.68. The van der Waals surface area contributed by atoms with E-state index in [0.29, 0.717) is 12.8 Å². The molecule has 164 valence electrons. The lowest BCUT2D eigenvalue weighted by atomic mass is 9.98. The lowest BCUT2D eigenvalue weighted by Crippen LogP contribution is -1.99. The zero-order valence-corrected chi connectivity index (χ0v) is 19.7. The Labute approximate surface area is 205 Å². The van der Waals surface area contributed by atoms with Gasteiger partial charge in [0.05, 0.1) is 0 Å². The summed E-state index contributed by atoms with van der Waals surface area (Å²) in [6.45, 7) is 8.07. The molecule has 0 bridgehead atoms. The van der Waals surface area contributed by atoms with Crippen LogP contribution in [0.4, 0.5) is 0 Å². The molecule has 4 aromatic carbocycles. The van der Waals surface area contributed by atoms with Crippen molar-refractivity contribution in [2.24, 2.45) is 0 Å². The summed E-state index contributed by atoms with van der Waals surface area (Å²) in [5.41, 5.74) is 6.22. The summed E-state index contributed by atoms with van der Waals surface area (Å²) < 4.78 is 6.43. The molecule has 0 N–H and O–H groups in total. The highest BCUT2D eigenvalue weighted by molar-refractivity contribution is 6.31. The van der Waals surface area contributed by atoms with Crippen LogP contribution in [0.1, 0.15) is 33.4 Å². The number of halogens is 2. The molecule has 0 fully saturated rings. The number of hydrogen-bond acceptors (Lipinski definition) is 1.